The van der Waals surface area contributed by atoms with Crippen molar-refractivity contribution in [2.45, 2.75) is 11.4 Å². The summed E-state index contributed by atoms with van der Waals surface area (Å²) in [6.07, 6.45) is 3.07. The van der Waals surface area contributed by atoms with Crippen molar-refractivity contribution < 1.29 is 21.9 Å². The number of aromatic nitrogens is 1. The zero-order chi connectivity index (χ0) is 16.9. The third-order valence-electron chi connectivity index (χ3n) is 3.16. The van der Waals surface area contributed by atoms with E-state index in [1.165, 1.54) is 13.3 Å². The fourth-order valence-corrected chi connectivity index (χ4v) is 3.48. The second kappa shape index (κ2) is 7.58. The lowest BCUT2D eigenvalue weighted by atomic mass is 10.3. The molecule has 2 aromatic rings. The number of benzene rings is 1. The number of nitrogens with zero attached hydrogens (tertiary/aromatic N) is 2. The predicted octanol–water partition coefficient (Wildman–Crippen LogP) is 2.20. The van der Waals surface area contributed by atoms with Crippen LogP contribution in [0.1, 0.15) is 5.56 Å². The summed E-state index contributed by atoms with van der Waals surface area (Å²) in [5.74, 6) is -2.60. The van der Waals surface area contributed by atoms with E-state index in [4.69, 9.17) is 4.74 Å². The van der Waals surface area contributed by atoms with E-state index in [1.807, 2.05) is 0 Å². The molecule has 0 bridgehead atoms. The number of sulfonamides is 1. The molecular weight excluding hydrogens is 326 g/mol. The highest BCUT2D eigenvalue weighted by Crippen LogP contribution is 2.22. The molecule has 0 spiro atoms. The van der Waals surface area contributed by atoms with Crippen LogP contribution in [0.2, 0.25) is 0 Å². The third-order valence-corrected chi connectivity index (χ3v) is 5.02. The van der Waals surface area contributed by atoms with Crippen LogP contribution in [0.5, 0.6) is 0 Å². The molecule has 124 valence electrons. The maximum atomic E-state index is 13.9. The largest absolute Gasteiger partial charge is 0.383 e. The number of methoxy groups -OCH3 is 1. The molecule has 0 saturated carbocycles. The molecule has 0 amide bonds. The Morgan fingerprint density at radius 2 is 2.00 bits per heavy atom. The SMILES string of the molecule is COCCN(Cc1cccnc1)S(=O)(=O)c1cccc(F)c1F. The maximum absolute atomic E-state index is 13.9. The van der Waals surface area contributed by atoms with Gasteiger partial charge in [-0.3, -0.25) is 4.98 Å². The van der Waals surface area contributed by atoms with Gasteiger partial charge in [0.1, 0.15) is 4.90 Å². The Bertz CT molecular complexity index is 755. The van der Waals surface area contributed by atoms with E-state index in [0.29, 0.717) is 5.56 Å². The van der Waals surface area contributed by atoms with E-state index >= 15 is 0 Å². The summed E-state index contributed by atoms with van der Waals surface area (Å²) < 4.78 is 58.5. The Kier molecular flexibility index (Phi) is 5.75. The molecule has 0 aliphatic carbocycles. The first-order chi connectivity index (χ1) is 11.0. The van der Waals surface area contributed by atoms with E-state index in [1.54, 1.807) is 18.3 Å². The second-order valence-electron chi connectivity index (χ2n) is 4.74. The fourth-order valence-electron chi connectivity index (χ4n) is 1.99. The molecule has 8 heteroatoms. The van der Waals surface area contributed by atoms with E-state index in [9.17, 15) is 17.2 Å². The number of halogens is 2. The monoisotopic (exact) mass is 342 g/mol. The van der Waals surface area contributed by atoms with Crippen molar-refractivity contribution in [2.75, 3.05) is 20.3 Å². The van der Waals surface area contributed by atoms with Gasteiger partial charge in [0.05, 0.1) is 6.61 Å². The van der Waals surface area contributed by atoms with Gasteiger partial charge < -0.3 is 4.74 Å². The second-order valence-corrected chi connectivity index (χ2v) is 6.65. The van der Waals surface area contributed by atoms with Crippen LogP contribution in [0.3, 0.4) is 0 Å². The first-order valence-corrected chi connectivity index (χ1v) is 8.23. The van der Waals surface area contributed by atoms with Gasteiger partial charge in [-0.05, 0) is 23.8 Å². The van der Waals surface area contributed by atoms with Gasteiger partial charge in [-0.15, -0.1) is 0 Å². The fraction of sp³-hybridized carbons (Fsp3) is 0.267. The first-order valence-electron chi connectivity index (χ1n) is 6.79. The lowest BCUT2D eigenvalue weighted by Gasteiger charge is -2.22. The zero-order valence-corrected chi connectivity index (χ0v) is 13.3. The molecule has 0 N–H and O–H groups in total. The molecule has 0 fully saturated rings. The summed E-state index contributed by atoms with van der Waals surface area (Å²) in [5, 5.41) is 0. The van der Waals surface area contributed by atoms with Crippen LogP contribution in [0.15, 0.2) is 47.6 Å². The number of pyridine rings is 1. The quantitative estimate of drug-likeness (QED) is 0.774. The van der Waals surface area contributed by atoms with Crippen molar-refractivity contribution in [3.05, 3.63) is 59.9 Å². The molecule has 0 unspecified atom stereocenters. The highest BCUT2D eigenvalue weighted by atomic mass is 32.2. The van der Waals surface area contributed by atoms with Gasteiger partial charge in [0.15, 0.2) is 11.6 Å². The topological polar surface area (TPSA) is 59.5 Å². The van der Waals surface area contributed by atoms with Crippen molar-refractivity contribution in [3.63, 3.8) is 0 Å². The molecule has 2 rings (SSSR count). The lowest BCUT2D eigenvalue weighted by Crippen LogP contribution is -2.34. The van der Waals surface area contributed by atoms with Crippen LogP contribution in [0.4, 0.5) is 8.78 Å². The summed E-state index contributed by atoms with van der Waals surface area (Å²) in [5.41, 5.74) is 0.629. The van der Waals surface area contributed by atoms with Crippen molar-refractivity contribution in [1.29, 1.82) is 0 Å². The van der Waals surface area contributed by atoms with Crippen molar-refractivity contribution in [1.82, 2.24) is 9.29 Å². The molecule has 1 aromatic heterocycles. The standard InChI is InChI=1S/C15H16F2N2O3S/c1-22-9-8-19(11-12-4-3-7-18-10-12)23(20,21)14-6-2-5-13(16)15(14)17/h2-7,10H,8-9,11H2,1H3. The molecule has 5 nitrogen and oxygen atoms in total. The third kappa shape index (κ3) is 4.10. The van der Waals surface area contributed by atoms with Gasteiger partial charge in [0.25, 0.3) is 0 Å². The van der Waals surface area contributed by atoms with Gasteiger partial charge in [-0.25, -0.2) is 17.2 Å². The minimum atomic E-state index is -4.21. The average molecular weight is 342 g/mol. The molecular formula is C15H16F2N2O3S. The Morgan fingerprint density at radius 1 is 1.22 bits per heavy atom. The average Bonchev–Trinajstić information content (AvgIpc) is 2.54. The molecule has 23 heavy (non-hydrogen) atoms. The summed E-state index contributed by atoms with van der Waals surface area (Å²) >= 11 is 0. The van der Waals surface area contributed by atoms with E-state index < -0.39 is 26.6 Å². The van der Waals surface area contributed by atoms with E-state index in [0.717, 1.165) is 22.5 Å². The van der Waals surface area contributed by atoms with E-state index in [2.05, 4.69) is 4.98 Å². The smallest absolute Gasteiger partial charge is 0.246 e. The number of hydrogen-bond acceptors (Lipinski definition) is 4. The minimum Gasteiger partial charge on any atom is -0.383 e. The van der Waals surface area contributed by atoms with Crippen LogP contribution in [0.25, 0.3) is 0 Å². The van der Waals surface area contributed by atoms with Crippen LogP contribution in [0, 0.1) is 11.6 Å². The minimum absolute atomic E-state index is 0.00365. The maximum Gasteiger partial charge on any atom is 0.246 e. The first kappa shape index (κ1) is 17.5. The summed E-state index contributed by atoms with van der Waals surface area (Å²) in [4.78, 5) is 3.22. The normalized spacial score (nSPS) is 11.8. The molecule has 0 aliphatic rings. The van der Waals surface area contributed by atoms with Crippen LogP contribution >= 0.6 is 0 Å². The summed E-state index contributed by atoms with van der Waals surface area (Å²) in [7, 11) is -2.79. The Balaban J connectivity index is 2.38. The summed E-state index contributed by atoms with van der Waals surface area (Å²) in [6.45, 7) is 0.107. The Morgan fingerprint density at radius 3 is 2.65 bits per heavy atom. The van der Waals surface area contributed by atoms with Gasteiger partial charge in [-0.2, -0.15) is 4.31 Å². The Hall–Kier alpha value is -1.90. The predicted molar refractivity (Wildman–Crippen MR) is 80.1 cm³/mol. The zero-order valence-electron chi connectivity index (χ0n) is 12.4. The summed E-state index contributed by atoms with van der Waals surface area (Å²) in [6, 6.07) is 6.43. The molecule has 0 saturated heterocycles. The number of rotatable bonds is 7. The van der Waals surface area contributed by atoms with Gasteiger partial charge in [-0.1, -0.05) is 12.1 Å². The van der Waals surface area contributed by atoms with Crippen molar-refractivity contribution in [2.24, 2.45) is 0 Å². The van der Waals surface area contributed by atoms with Crippen LogP contribution in [-0.2, 0) is 21.3 Å². The lowest BCUT2D eigenvalue weighted by molar-refractivity contribution is 0.177. The van der Waals surface area contributed by atoms with Gasteiger partial charge >= 0.3 is 0 Å². The molecule has 0 radical (unpaired) electrons. The van der Waals surface area contributed by atoms with Crippen LogP contribution in [-0.4, -0.2) is 38.0 Å². The number of ether oxygens (including phenoxy) is 1. The van der Waals surface area contributed by atoms with Gasteiger partial charge in [0, 0.05) is 32.6 Å². The number of hydrogen-bond donors (Lipinski definition) is 0. The molecule has 0 aliphatic heterocycles. The molecule has 1 heterocycles. The highest BCUT2D eigenvalue weighted by Gasteiger charge is 2.28. The van der Waals surface area contributed by atoms with E-state index in [-0.39, 0.29) is 19.7 Å². The molecule has 0 atom stereocenters. The van der Waals surface area contributed by atoms with Gasteiger partial charge in [0.2, 0.25) is 10.0 Å². The molecule has 1 aromatic carbocycles. The van der Waals surface area contributed by atoms with Crippen LogP contribution < -0.4 is 0 Å². The van der Waals surface area contributed by atoms with Crippen molar-refractivity contribution in [3.8, 4) is 0 Å². The highest BCUT2D eigenvalue weighted by molar-refractivity contribution is 7.89. The Labute approximate surface area is 133 Å². The van der Waals surface area contributed by atoms with Crippen molar-refractivity contribution >= 4 is 10.0 Å².